The molecule has 3 heterocycles. The van der Waals surface area contributed by atoms with Gasteiger partial charge in [0.15, 0.2) is 0 Å². The zero-order valence-electron chi connectivity index (χ0n) is 15.1. The maximum absolute atomic E-state index is 13.0. The van der Waals surface area contributed by atoms with Gasteiger partial charge < -0.3 is 4.90 Å². The normalized spacial score (nSPS) is 16.8. The average molecular weight is 346 g/mol. The largest absolute Gasteiger partial charge is 0.330 e. The minimum Gasteiger partial charge on any atom is -0.330 e. The van der Waals surface area contributed by atoms with Gasteiger partial charge in [0.2, 0.25) is 0 Å². The molecule has 1 amide bonds. The fraction of sp³-hybridized carbons (Fsp3) is 0.286. The number of aryl methyl sites for hydroxylation is 2. The summed E-state index contributed by atoms with van der Waals surface area (Å²) < 4.78 is 1.90. The van der Waals surface area contributed by atoms with E-state index in [1.165, 1.54) is 0 Å². The summed E-state index contributed by atoms with van der Waals surface area (Å²) >= 11 is 0. The van der Waals surface area contributed by atoms with Crippen LogP contribution in [0.4, 0.5) is 0 Å². The third kappa shape index (κ3) is 3.01. The number of nitrogens with zero attached hydrogens (tertiary/aromatic N) is 4. The van der Waals surface area contributed by atoms with Gasteiger partial charge in [-0.2, -0.15) is 5.10 Å². The van der Waals surface area contributed by atoms with E-state index in [1.54, 1.807) is 6.20 Å². The second-order valence-corrected chi connectivity index (χ2v) is 6.80. The van der Waals surface area contributed by atoms with Crippen molar-refractivity contribution in [3.8, 4) is 5.69 Å². The van der Waals surface area contributed by atoms with E-state index in [1.807, 2.05) is 72.0 Å². The van der Waals surface area contributed by atoms with Gasteiger partial charge in [-0.25, -0.2) is 4.68 Å². The molecule has 1 fully saturated rings. The predicted molar refractivity (Wildman–Crippen MR) is 100 cm³/mol. The zero-order chi connectivity index (χ0) is 18.1. The van der Waals surface area contributed by atoms with Crippen LogP contribution < -0.4 is 0 Å². The Hall–Kier alpha value is -2.95. The summed E-state index contributed by atoms with van der Waals surface area (Å²) in [7, 11) is 0. The fourth-order valence-electron chi connectivity index (χ4n) is 3.69. The number of rotatable bonds is 3. The molecule has 5 heteroatoms. The number of hydrogen-bond acceptors (Lipinski definition) is 3. The third-order valence-electron chi connectivity index (χ3n) is 4.91. The molecule has 1 aliphatic heterocycles. The topological polar surface area (TPSA) is 51.0 Å². The molecule has 0 bridgehead atoms. The minimum atomic E-state index is 0.0677. The predicted octanol–water partition coefficient (Wildman–Crippen LogP) is 3.86. The molecule has 3 aromatic rings. The first-order chi connectivity index (χ1) is 12.6. The smallest absolute Gasteiger partial charge is 0.254 e. The van der Waals surface area contributed by atoms with Crippen molar-refractivity contribution in [2.24, 2.45) is 0 Å². The molecule has 132 valence electrons. The molecule has 0 radical (unpaired) electrons. The van der Waals surface area contributed by atoms with Gasteiger partial charge >= 0.3 is 0 Å². The molecule has 1 aliphatic rings. The summed E-state index contributed by atoms with van der Waals surface area (Å²) in [4.78, 5) is 19.4. The number of amides is 1. The highest BCUT2D eigenvalue weighted by atomic mass is 16.2. The number of carbonyl (C=O) groups is 1. The van der Waals surface area contributed by atoms with Gasteiger partial charge in [0.1, 0.15) is 0 Å². The van der Waals surface area contributed by atoms with Gasteiger partial charge in [-0.3, -0.25) is 9.78 Å². The van der Waals surface area contributed by atoms with Crippen molar-refractivity contribution < 1.29 is 4.79 Å². The number of benzene rings is 1. The second kappa shape index (κ2) is 6.75. The van der Waals surface area contributed by atoms with E-state index in [9.17, 15) is 4.79 Å². The van der Waals surface area contributed by atoms with Gasteiger partial charge in [0.25, 0.3) is 5.91 Å². The van der Waals surface area contributed by atoms with E-state index in [2.05, 4.69) is 10.1 Å². The Morgan fingerprint density at radius 3 is 2.58 bits per heavy atom. The van der Waals surface area contributed by atoms with Crippen LogP contribution in [0, 0.1) is 13.8 Å². The van der Waals surface area contributed by atoms with Gasteiger partial charge in [-0.1, -0.05) is 6.07 Å². The molecule has 1 atom stereocenters. The van der Waals surface area contributed by atoms with Crippen LogP contribution in [0.1, 0.15) is 46.3 Å². The lowest BCUT2D eigenvalue weighted by atomic mass is 10.1. The molecule has 0 spiro atoms. The zero-order valence-corrected chi connectivity index (χ0v) is 15.1. The molecule has 1 aromatic carbocycles. The summed E-state index contributed by atoms with van der Waals surface area (Å²) in [6, 6.07) is 15.7. The van der Waals surface area contributed by atoms with Crippen LogP contribution in [0.15, 0.2) is 54.7 Å². The molecule has 2 aromatic heterocycles. The molecular formula is C21H22N4O. The summed E-state index contributed by atoms with van der Waals surface area (Å²) in [5.74, 6) is 0.0677. The first-order valence-electron chi connectivity index (χ1n) is 8.99. The summed E-state index contributed by atoms with van der Waals surface area (Å²) in [6.45, 7) is 4.78. The van der Waals surface area contributed by atoms with E-state index >= 15 is 0 Å². The van der Waals surface area contributed by atoms with Crippen LogP contribution in [0.3, 0.4) is 0 Å². The van der Waals surface area contributed by atoms with E-state index in [0.29, 0.717) is 5.56 Å². The van der Waals surface area contributed by atoms with Gasteiger partial charge in [0, 0.05) is 24.0 Å². The Labute approximate surface area is 153 Å². The van der Waals surface area contributed by atoms with Crippen molar-refractivity contribution in [1.29, 1.82) is 0 Å². The summed E-state index contributed by atoms with van der Waals surface area (Å²) in [6.07, 6.45) is 3.77. The maximum atomic E-state index is 13.0. The summed E-state index contributed by atoms with van der Waals surface area (Å²) in [5.41, 5.74) is 4.71. The quantitative estimate of drug-likeness (QED) is 0.723. The number of hydrogen-bond donors (Lipinski definition) is 0. The maximum Gasteiger partial charge on any atom is 0.254 e. The molecule has 0 aliphatic carbocycles. The van der Waals surface area contributed by atoms with Crippen LogP contribution in [0.25, 0.3) is 5.69 Å². The highest BCUT2D eigenvalue weighted by molar-refractivity contribution is 5.94. The van der Waals surface area contributed by atoms with E-state index in [-0.39, 0.29) is 11.9 Å². The minimum absolute atomic E-state index is 0.0677. The molecule has 1 saturated heterocycles. The van der Waals surface area contributed by atoms with E-state index < -0.39 is 0 Å². The van der Waals surface area contributed by atoms with Crippen LogP contribution in [0.5, 0.6) is 0 Å². The van der Waals surface area contributed by atoms with Crippen LogP contribution in [-0.2, 0) is 0 Å². The van der Waals surface area contributed by atoms with Crippen molar-refractivity contribution in [2.75, 3.05) is 6.54 Å². The average Bonchev–Trinajstić information content (AvgIpc) is 3.28. The third-order valence-corrected chi connectivity index (χ3v) is 4.91. The second-order valence-electron chi connectivity index (χ2n) is 6.80. The molecule has 26 heavy (non-hydrogen) atoms. The number of likely N-dealkylation sites (tertiary alicyclic amines) is 1. The lowest BCUT2D eigenvalue weighted by Gasteiger charge is -2.24. The van der Waals surface area contributed by atoms with Crippen molar-refractivity contribution in [1.82, 2.24) is 19.7 Å². The first kappa shape index (κ1) is 16.5. The lowest BCUT2D eigenvalue weighted by Crippen LogP contribution is -2.30. The lowest BCUT2D eigenvalue weighted by molar-refractivity contribution is 0.0733. The van der Waals surface area contributed by atoms with Crippen molar-refractivity contribution in [2.45, 2.75) is 32.7 Å². The standard InChI is InChI=1S/C21H22N4O/c1-15-14-16(2)25(23-15)18-10-8-17(9-11-18)21(26)24-13-5-7-20(24)19-6-3-4-12-22-19/h3-4,6,8-12,14,20H,5,7,13H2,1-2H3/t20-/m0/s1. The first-order valence-corrected chi connectivity index (χ1v) is 8.99. The van der Waals surface area contributed by atoms with Crippen molar-refractivity contribution in [3.63, 3.8) is 0 Å². The molecule has 4 rings (SSSR count). The van der Waals surface area contributed by atoms with Gasteiger partial charge in [0.05, 0.1) is 23.1 Å². The number of carbonyl (C=O) groups excluding carboxylic acids is 1. The molecule has 0 N–H and O–H groups in total. The fourth-order valence-corrected chi connectivity index (χ4v) is 3.69. The summed E-state index contributed by atoms with van der Waals surface area (Å²) in [5, 5.41) is 4.50. The highest BCUT2D eigenvalue weighted by Crippen LogP contribution is 2.32. The van der Waals surface area contributed by atoms with E-state index in [0.717, 1.165) is 42.2 Å². The Morgan fingerprint density at radius 1 is 1.12 bits per heavy atom. The van der Waals surface area contributed by atoms with Crippen LogP contribution in [0.2, 0.25) is 0 Å². The molecule has 0 unspecified atom stereocenters. The van der Waals surface area contributed by atoms with Gasteiger partial charge in [-0.15, -0.1) is 0 Å². The Kier molecular flexibility index (Phi) is 4.29. The van der Waals surface area contributed by atoms with Crippen molar-refractivity contribution >= 4 is 5.91 Å². The molecular weight excluding hydrogens is 324 g/mol. The number of aromatic nitrogens is 3. The SMILES string of the molecule is Cc1cc(C)n(-c2ccc(C(=O)N3CCC[C@H]3c3ccccn3)cc2)n1. The highest BCUT2D eigenvalue weighted by Gasteiger charge is 2.31. The monoisotopic (exact) mass is 346 g/mol. The Morgan fingerprint density at radius 2 is 1.92 bits per heavy atom. The van der Waals surface area contributed by atoms with E-state index in [4.69, 9.17) is 0 Å². The number of pyridine rings is 1. The van der Waals surface area contributed by atoms with Gasteiger partial charge in [-0.05, 0) is 69.2 Å². The molecule has 0 saturated carbocycles. The Balaban J connectivity index is 1.57. The Bertz CT molecular complexity index is 915. The van der Waals surface area contributed by atoms with Crippen molar-refractivity contribution in [3.05, 3.63) is 77.4 Å². The van der Waals surface area contributed by atoms with Crippen LogP contribution >= 0.6 is 0 Å². The molecule has 5 nitrogen and oxygen atoms in total. The van der Waals surface area contributed by atoms with Crippen LogP contribution in [-0.4, -0.2) is 32.1 Å².